The molecule has 6 nitrogen and oxygen atoms in total. The van der Waals surface area contributed by atoms with Crippen LogP contribution in [-0.2, 0) is 9.59 Å². The number of fused-ring (bicyclic) bond motifs is 1. The zero-order valence-corrected chi connectivity index (χ0v) is 20.6. The molecule has 0 spiro atoms. The molecule has 0 radical (unpaired) electrons. The number of thiophene rings is 2. The molecule has 0 N–H and O–H groups in total. The average Bonchev–Trinajstić information content (AvgIpc) is 3.63. The maximum absolute atomic E-state index is 13.4. The predicted molar refractivity (Wildman–Crippen MR) is 133 cm³/mol. The number of rotatable bonds is 4. The largest absolute Gasteiger partial charge is 0.454 e. The normalized spacial score (nSPS) is 16.0. The Balaban J connectivity index is 1.49. The first-order chi connectivity index (χ1) is 16.4. The molecule has 8 heteroatoms. The van der Waals surface area contributed by atoms with Crippen molar-refractivity contribution in [2.24, 2.45) is 0 Å². The van der Waals surface area contributed by atoms with Crippen molar-refractivity contribution in [3.05, 3.63) is 81.0 Å². The number of amides is 2. The highest BCUT2D eigenvalue weighted by atomic mass is 32.1. The van der Waals surface area contributed by atoms with Crippen molar-refractivity contribution < 1.29 is 18.4 Å². The Morgan fingerprint density at radius 2 is 1.00 bits per heavy atom. The van der Waals surface area contributed by atoms with E-state index < -0.39 is 0 Å². The number of furan rings is 2. The molecule has 2 aliphatic heterocycles. The van der Waals surface area contributed by atoms with Crippen molar-refractivity contribution in [2.75, 3.05) is 14.1 Å². The fourth-order valence-electron chi connectivity index (χ4n) is 4.53. The van der Waals surface area contributed by atoms with Gasteiger partial charge in [0.25, 0.3) is 11.8 Å². The van der Waals surface area contributed by atoms with Crippen LogP contribution >= 0.6 is 22.7 Å². The van der Waals surface area contributed by atoms with Gasteiger partial charge in [0.1, 0.15) is 22.9 Å². The van der Waals surface area contributed by atoms with Crippen LogP contribution < -0.4 is 0 Å². The molecule has 0 bridgehead atoms. The number of nitrogens with zero attached hydrogens (tertiary/aromatic N) is 2. The highest BCUT2D eigenvalue weighted by Crippen LogP contribution is 2.47. The van der Waals surface area contributed by atoms with Gasteiger partial charge in [-0.2, -0.15) is 0 Å². The molecule has 0 aromatic carbocycles. The molecule has 0 saturated heterocycles. The fraction of sp³-hybridized carbons (Fsp3) is 0.154. The number of likely N-dealkylation sites (N-methyl/N-ethyl adjacent to an activating group) is 2. The van der Waals surface area contributed by atoms with E-state index in [0.717, 1.165) is 32.4 Å². The van der Waals surface area contributed by atoms with Gasteiger partial charge in [-0.05, 0) is 72.1 Å². The molecular weight excluding hydrogens is 468 g/mol. The van der Waals surface area contributed by atoms with Crippen molar-refractivity contribution in [1.29, 1.82) is 0 Å². The second-order valence-electron chi connectivity index (χ2n) is 8.37. The van der Waals surface area contributed by atoms with Crippen molar-refractivity contribution in [2.45, 2.75) is 13.8 Å². The SMILES string of the molecule is Cc1ccsc1-c1ccc(C2=C3C(=O)N(C)C(c4ccc(-c5sccc5C)o4)=C3C(=O)N2C)o1. The molecule has 0 aliphatic carbocycles. The molecular formula is C26H20N2O4S2. The summed E-state index contributed by atoms with van der Waals surface area (Å²) in [6.45, 7) is 4.05. The van der Waals surface area contributed by atoms with E-state index in [1.54, 1.807) is 36.8 Å². The first-order valence-electron chi connectivity index (χ1n) is 10.7. The smallest absolute Gasteiger partial charge is 0.261 e. The summed E-state index contributed by atoms with van der Waals surface area (Å²) in [5.74, 6) is 1.90. The Morgan fingerprint density at radius 3 is 1.35 bits per heavy atom. The summed E-state index contributed by atoms with van der Waals surface area (Å²) in [6.07, 6.45) is 0. The molecule has 0 atom stereocenters. The third kappa shape index (κ3) is 2.85. The topological polar surface area (TPSA) is 66.9 Å². The lowest BCUT2D eigenvalue weighted by atomic mass is 10.1. The van der Waals surface area contributed by atoms with Gasteiger partial charge in [0.2, 0.25) is 0 Å². The van der Waals surface area contributed by atoms with Crippen LogP contribution in [0.2, 0.25) is 0 Å². The Kier molecular flexibility index (Phi) is 4.59. The van der Waals surface area contributed by atoms with Gasteiger partial charge in [0.15, 0.2) is 11.5 Å². The number of carbonyl (C=O) groups is 2. The van der Waals surface area contributed by atoms with Crippen LogP contribution in [0.25, 0.3) is 32.7 Å². The van der Waals surface area contributed by atoms with Crippen molar-refractivity contribution in [3.8, 4) is 21.3 Å². The second-order valence-corrected chi connectivity index (χ2v) is 10.2. The van der Waals surface area contributed by atoms with E-state index in [4.69, 9.17) is 8.83 Å². The maximum Gasteiger partial charge on any atom is 0.261 e. The van der Waals surface area contributed by atoms with E-state index in [1.165, 1.54) is 9.80 Å². The Labute approximate surface area is 204 Å². The van der Waals surface area contributed by atoms with Crippen LogP contribution in [0.3, 0.4) is 0 Å². The number of carbonyl (C=O) groups excluding carboxylic acids is 2. The van der Waals surface area contributed by atoms with Crippen LogP contribution in [-0.4, -0.2) is 35.7 Å². The average molecular weight is 489 g/mol. The van der Waals surface area contributed by atoms with Gasteiger partial charge in [-0.25, -0.2) is 0 Å². The molecule has 6 rings (SSSR count). The highest BCUT2D eigenvalue weighted by molar-refractivity contribution is 7.14. The van der Waals surface area contributed by atoms with E-state index in [1.807, 2.05) is 61.0 Å². The summed E-state index contributed by atoms with van der Waals surface area (Å²) in [5.41, 5.74) is 3.89. The molecule has 0 fully saturated rings. The van der Waals surface area contributed by atoms with Crippen LogP contribution in [0.15, 0.2) is 67.1 Å². The minimum absolute atomic E-state index is 0.256. The molecule has 0 saturated carbocycles. The summed E-state index contributed by atoms with van der Waals surface area (Å²) in [4.78, 5) is 31.8. The van der Waals surface area contributed by atoms with Gasteiger partial charge in [-0.1, -0.05) is 0 Å². The molecule has 170 valence electrons. The van der Waals surface area contributed by atoms with Crippen LogP contribution in [0.4, 0.5) is 0 Å². The van der Waals surface area contributed by atoms with Crippen LogP contribution in [0.1, 0.15) is 22.6 Å². The van der Waals surface area contributed by atoms with E-state index in [-0.39, 0.29) is 11.8 Å². The zero-order valence-electron chi connectivity index (χ0n) is 19.0. The van der Waals surface area contributed by atoms with Gasteiger partial charge in [0.05, 0.1) is 20.9 Å². The third-order valence-corrected chi connectivity index (χ3v) is 8.34. The standard InChI is InChI=1S/C26H20N2O4S2/c1-13-9-11-33-23(13)17-7-5-15(31-17)21-19-20(26(30)27(21)3)22(28(4)25(19)29)16-6-8-18(32-16)24-14(2)10-12-34-24/h5-12H,1-4H3. The van der Waals surface area contributed by atoms with E-state index >= 15 is 0 Å². The lowest BCUT2D eigenvalue weighted by Gasteiger charge is -2.17. The number of hydrogen-bond donors (Lipinski definition) is 0. The number of hydrogen-bond acceptors (Lipinski definition) is 6. The van der Waals surface area contributed by atoms with Gasteiger partial charge < -0.3 is 18.6 Å². The predicted octanol–water partition coefficient (Wildman–Crippen LogP) is 6.01. The molecule has 0 unspecified atom stereocenters. The lowest BCUT2D eigenvalue weighted by molar-refractivity contribution is -0.123. The van der Waals surface area contributed by atoms with Crippen molar-refractivity contribution in [1.82, 2.24) is 9.80 Å². The van der Waals surface area contributed by atoms with Gasteiger partial charge in [-0.15, -0.1) is 22.7 Å². The summed E-state index contributed by atoms with van der Waals surface area (Å²) in [6, 6.07) is 11.5. The Bertz CT molecular complexity index is 1440. The zero-order chi connectivity index (χ0) is 23.7. The Morgan fingerprint density at radius 1 is 0.618 bits per heavy atom. The van der Waals surface area contributed by atoms with Crippen molar-refractivity contribution in [3.63, 3.8) is 0 Å². The minimum Gasteiger partial charge on any atom is -0.454 e. The molecule has 4 aromatic rings. The van der Waals surface area contributed by atoms with Gasteiger partial charge in [-0.3, -0.25) is 9.59 Å². The molecule has 2 amide bonds. The van der Waals surface area contributed by atoms with E-state index in [9.17, 15) is 9.59 Å². The second kappa shape index (κ2) is 7.44. The van der Waals surface area contributed by atoms with E-state index in [0.29, 0.717) is 34.1 Å². The quantitative estimate of drug-likeness (QED) is 0.353. The first-order valence-corrected chi connectivity index (χ1v) is 12.5. The van der Waals surface area contributed by atoms with Gasteiger partial charge in [0, 0.05) is 14.1 Å². The van der Waals surface area contributed by atoms with Gasteiger partial charge >= 0.3 is 0 Å². The Hall–Kier alpha value is -3.62. The first kappa shape index (κ1) is 20.9. The summed E-state index contributed by atoms with van der Waals surface area (Å²) < 4.78 is 12.3. The highest BCUT2D eigenvalue weighted by Gasteiger charge is 2.48. The monoisotopic (exact) mass is 488 g/mol. The molecule has 2 aliphatic rings. The summed E-state index contributed by atoms with van der Waals surface area (Å²) in [5, 5.41) is 4.02. The lowest BCUT2D eigenvalue weighted by Crippen LogP contribution is -2.25. The summed E-state index contributed by atoms with van der Waals surface area (Å²) >= 11 is 3.19. The number of aryl methyl sites for hydroxylation is 2. The third-order valence-electron chi connectivity index (χ3n) is 6.28. The molecule has 6 heterocycles. The minimum atomic E-state index is -0.256. The fourth-order valence-corrected chi connectivity index (χ4v) is 6.30. The maximum atomic E-state index is 13.4. The molecule has 34 heavy (non-hydrogen) atoms. The van der Waals surface area contributed by atoms with Crippen LogP contribution in [0.5, 0.6) is 0 Å². The summed E-state index contributed by atoms with van der Waals surface area (Å²) in [7, 11) is 3.34. The van der Waals surface area contributed by atoms with Crippen molar-refractivity contribution >= 4 is 45.9 Å². The van der Waals surface area contributed by atoms with Crippen LogP contribution in [0, 0.1) is 13.8 Å². The van der Waals surface area contributed by atoms with E-state index in [2.05, 4.69) is 0 Å². The molecule has 4 aromatic heterocycles.